The van der Waals surface area contributed by atoms with Crippen LogP contribution in [0, 0.1) is 5.92 Å². The van der Waals surface area contributed by atoms with Crippen molar-refractivity contribution in [1.82, 2.24) is 25.2 Å². The lowest BCUT2D eigenvalue weighted by molar-refractivity contribution is 0.0979. The maximum Gasteiger partial charge on any atom is 0.162 e. The van der Waals surface area contributed by atoms with Crippen LogP contribution in [0.5, 0.6) is 0 Å². The zero-order valence-corrected chi connectivity index (χ0v) is 18.8. The van der Waals surface area contributed by atoms with E-state index in [1.165, 1.54) is 0 Å². The normalized spacial score (nSPS) is 20.8. The molecular weight excluding hydrogens is 406 g/mol. The summed E-state index contributed by atoms with van der Waals surface area (Å²) >= 11 is 0. The predicted octanol–water partition coefficient (Wildman–Crippen LogP) is 2.59. The lowest BCUT2D eigenvalue weighted by Crippen LogP contribution is -2.38. The second-order valence-corrected chi connectivity index (χ2v) is 9.05. The highest BCUT2D eigenvalue weighted by Crippen LogP contribution is 2.34. The Labute approximate surface area is 188 Å². The minimum Gasteiger partial charge on any atom is -0.388 e. The number of aliphatic hydroxyl groups is 1. The number of fused-ring (bicyclic) bond motifs is 1. The van der Waals surface area contributed by atoms with E-state index >= 15 is 0 Å². The van der Waals surface area contributed by atoms with Gasteiger partial charge in [-0.15, -0.1) is 10.2 Å². The predicted molar refractivity (Wildman–Crippen MR) is 123 cm³/mol. The second-order valence-electron chi connectivity index (χ2n) is 9.05. The molecule has 0 saturated carbocycles. The molecule has 2 aliphatic rings. The third-order valence-corrected chi connectivity index (χ3v) is 6.59. The van der Waals surface area contributed by atoms with Gasteiger partial charge < -0.3 is 19.6 Å². The van der Waals surface area contributed by atoms with Gasteiger partial charge in [-0.1, -0.05) is 0 Å². The monoisotopic (exact) mass is 437 g/mol. The summed E-state index contributed by atoms with van der Waals surface area (Å²) in [5.41, 5.74) is 2.87. The number of ether oxygens (including phenoxy) is 1. The third-order valence-electron chi connectivity index (χ3n) is 6.59. The van der Waals surface area contributed by atoms with Crippen molar-refractivity contribution in [2.45, 2.75) is 38.8 Å². The highest BCUT2D eigenvalue weighted by molar-refractivity contribution is 5.91. The SMILES string of the molecule is CC(C)n1cc([C@@H](O)[C@H]2CCCN(c3nnnc4cc(N5CCOCC5)ccc34)C2)cn1. The Morgan fingerprint density at radius 3 is 2.72 bits per heavy atom. The summed E-state index contributed by atoms with van der Waals surface area (Å²) in [7, 11) is 0. The summed E-state index contributed by atoms with van der Waals surface area (Å²) in [5.74, 6) is 0.963. The van der Waals surface area contributed by atoms with Gasteiger partial charge in [0.1, 0.15) is 5.52 Å². The van der Waals surface area contributed by atoms with E-state index in [9.17, 15) is 5.11 Å². The highest BCUT2D eigenvalue weighted by Gasteiger charge is 2.29. The van der Waals surface area contributed by atoms with Crippen LogP contribution in [-0.4, -0.2) is 69.7 Å². The summed E-state index contributed by atoms with van der Waals surface area (Å²) in [5, 5.41) is 29.2. The zero-order valence-electron chi connectivity index (χ0n) is 18.8. The number of nitrogens with zero attached hydrogens (tertiary/aromatic N) is 7. The fourth-order valence-corrected chi connectivity index (χ4v) is 4.73. The van der Waals surface area contributed by atoms with Gasteiger partial charge in [-0.2, -0.15) is 5.10 Å². The number of piperidine rings is 1. The van der Waals surface area contributed by atoms with Crippen LogP contribution in [0.25, 0.3) is 10.9 Å². The number of rotatable bonds is 5. The molecule has 5 rings (SSSR count). The van der Waals surface area contributed by atoms with Crippen LogP contribution in [0.15, 0.2) is 30.6 Å². The molecule has 9 heteroatoms. The van der Waals surface area contributed by atoms with E-state index in [0.29, 0.717) is 0 Å². The molecule has 4 heterocycles. The number of aliphatic hydroxyl groups excluding tert-OH is 1. The molecule has 0 amide bonds. The van der Waals surface area contributed by atoms with Crippen molar-refractivity contribution in [2.24, 2.45) is 5.92 Å². The minimum atomic E-state index is -0.542. The van der Waals surface area contributed by atoms with Gasteiger partial charge in [0, 0.05) is 61.0 Å². The van der Waals surface area contributed by atoms with Crippen LogP contribution in [0.3, 0.4) is 0 Å². The van der Waals surface area contributed by atoms with Gasteiger partial charge in [0.2, 0.25) is 0 Å². The fourth-order valence-electron chi connectivity index (χ4n) is 4.73. The highest BCUT2D eigenvalue weighted by atomic mass is 16.5. The molecule has 0 radical (unpaired) electrons. The Kier molecular flexibility index (Phi) is 5.93. The Morgan fingerprint density at radius 1 is 1.09 bits per heavy atom. The topological polar surface area (TPSA) is 92.4 Å². The van der Waals surface area contributed by atoms with Crippen LogP contribution < -0.4 is 9.80 Å². The van der Waals surface area contributed by atoms with Gasteiger partial charge in [0.05, 0.1) is 25.5 Å². The number of hydrogen-bond acceptors (Lipinski definition) is 8. The summed E-state index contributed by atoms with van der Waals surface area (Å²) in [4.78, 5) is 4.56. The quantitative estimate of drug-likeness (QED) is 0.651. The molecule has 170 valence electrons. The maximum absolute atomic E-state index is 11.1. The first kappa shape index (κ1) is 21.1. The summed E-state index contributed by atoms with van der Waals surface area (Å²) < 4.78 is 7.37. The van der Waals surface area contributed by atoms with Crippen LogP contribution in [0.4, 0.5) is 11.5 Å². The van der Waals surface area contributed by atoms with Crippen LogP contribution in [-0.2, 0) is 4.74 Å². The van der Waals surface area contributed by atoms with Gasteiger partial charge in [-0.25, -0.2) is 0 Å². The molecule has 0 aliphatic carbocycles. The molecule has 0 spiro atoms. The van der Waals surface area contributed by atoms with Crippen molar-refractivity contribution in [2.75, 3.05) is 49.2 Å². The van der Waals surface area contributed by atoms with Crippen LogP contribution in [0.2, 0.25) is 0 Å². The summed E-state index contributed by atoms with van der Waals surface area (Å²) in [6, 6.07) is 6.61. The van der Waals surface area contributed by atoms with Crippen molar-refractivity contribution in [1.29, 1.82) is 0 Å². The van der Waals surface area contributed by atoms with Crippen molar-refractivity contribution in [3.63, 3.8) is 0 Å². The van der Waals surface area contributed by atoms with Crippen molar-refractivity contribution in [3.05, 3.63) is 36.2 Å². The third kappa shape index (κ3) is 4.14. The maximum atomic E-state index is 11.1. The molecular formula is C23H31N7O2. The molecule has 2 atom stereocenters. The van der Waals surface area contributed by atoms with Gasteiger partial charge in [0.15, 0.2) is 5.82 Å². The first-order chi connectivity index (χ1) is 15.6. The molecule has 9 nitrogen and oxygen atoms in total. The number of benzene rings is 1. The van der Waals surface area contributed by atoms with E-state index in [1.54, 1.807) is 6.20 Å². The Balaban J connectivity index is 1.37. The van der Waals surface area contributed by atoms with Crippen molar-refractivity contribution >= 4 is 22.4 Å². The van der Waals surface area contributed by atoms with Gasteiger partial charge in [-0.3, -0.25) is 4.68 Å². The lowest BCUT2D eigenvalue weighted by atomic mass is 9.89. The standard InChI is InChI=1S/C23H31N7O2/c1-16(2)30-15-18(13-24-30)22(31)17-4-3-7-29(14-17)23-20-6-5-19(12-21(20)25-27-26-23)28-8-10-32-11-9-28/h5-6,12-13,15-17,22,31H,3-4,7-11,14H2,1-2H3/t17-,22-/m0/s1. The van der Waals surface area contributed by atoms with Crippen LogP contribution >= 0.6 is 0 Å². The smallest absolute Gasteiger partial charge is 0.162 e. The van der Waals surface area contributed by atoms with E-state index in [4.69, 9.17) is 4.74 Å². The second kappa shape index (κ2) is 8.99. The Bertz CT molecular complexity index is 1060. The first-order valence-electron chi connectivity index (χ1n) is 11.5. The average Bonchev–Trinajstić information content (AvgIpc) is 3.34. The van der Waals surface area contributed by atoms with Gasteiger partial charge in [-0.05, 0) is 50.1 Å². The molecule has 1 aromatic carbocycles. The van der Waals surface area contributed by atoms with E-state index in [2.05, 4.69) is 62.4 Å². The van der Waals surface area contributed by atoms with E-state index in [-0.39, 0.29) is 12.0 Å². The average molecular weight is 438 g/mol. The largest absolute Gasteiger partial charge is 0.388 e. The number of hydrogen-bond donors (Lipinski definition) is 1. The lowest BCUT2D eigenvalue weighted by Gasteiger charge is -2.35. The molecule has 1 N–H and O–H groups in total. The van der Waals surface area contributed by atoms with Gasteiger partial charge >= 0.3 is 0 Å². The van der Waals surface area contributed by atoms with Crippen LogP contribution in [0.1, 0.15) is 44.4 Å². The Morgan fingerprint density at radius 2 is 1.94 bits per heavy atom. The Hall–Kier alpha value is -2.78. The van der Waals surface area contributed by atoms with Crippen molar-refractivity contribution < 1.29 is 9.84 Å². The molecule has 0 unspecified atom stereocenters. The molecule has 2 fully saturated rings. The van der Waals surface area contributed by atoms with E-state index in [1.807, 2.05) is 10.9 Å². The molecule has 0 bridgehead atoms. The van der Waals surface area contributed by atoms with Gasteiger partial charge in [0.25, 0.3) is 0 Å². The minimum absolute atomic E-state index is 0.117. The molecule has 2 aliphatic heterocycles. The summed E-state index contributed by atoms with van der Waals surface area (Å²) in [6.07, 6.45) is 5.18. The van der Waals surface area contributed by atoms with E-state index in [0.717, 1.165) is 80.2 Å². The number of morpholine rings is 1. The number of anilines is 2. The zero-order chi connectivity index (χ0) is 22.1. The fraction of sp³-hybridized carbons (Fsp3) is 0.565. The van der Waals surface area contributed by atoms with E-state index < -0.39 is 6.10 Å². The molecule has 2 aromatic heterocycles. The number of aromatic nitrogens is 5. The molecule has 32 heavy (non-hydrogen) atoms. The first-order valence-corrected chi connectivity index (χ1v) is 11.5. The molecule has 2 saturated heterocycles. The van der Waals surface area contributed by atoms with Crippen molar-refractivity contribution in [3.8, 4) is 0 Å². The summed E-state index contributed by atoms with van der Waals surface area (Å²) in [6.45, 7) is 9.07. The molecule has 3 aromatic rings.